The molecule has 2 rings (SSSR count). The monoisotopic (exact) mass is 289 g/mol. The minimum atomic E-state index is -0.805. The summed E-state index contributed by atoms with van der Waals surface area (Å²) in [5, 5.41) is 1.12. The van der Waals surface area contributed by atoms with Crippen molar-refractivity contribution in [3.63, 3.8) is 0 Å². The van der Waals surface area contributed by atoms with Gasteiger partial charge in [0.15, 0.2) is 0 Å². The van der Waals surface area contributed by atoms with Crippen LogP contribution in [-0.2, 0) is 20.7 Å². The van der Waals surface area contributed by atoms with E-state index < -0.39 is 17.9 Å². The van der Waals surface area contributed by atoms with Crippen molar-refractivity contribution >= 4 is 22.8 Å². The van der Waals surface area contributed by atoms with Crippen LogP contribution in [0.15, 0.2) is 30.5 Å². The van der Waals surface area contributed by atoms with Crippen molar-refractivity contribution in [3.05, 3.63) is 36.0 Å². The molecule has 112 valence electrons. The zero-order chi connectivity index (χ0) is 15.2. The van der Waals surface area contributed by atoms with E-state index in [1.165, 1.54) is 0 Å². The Morgan fingerprint density at radius 1 is 1.29 bits per heavy atom. The Morgan fingerprint density at radius 3 is 2.81 bits per heavy atom. The maximum Gasteiger partial charge on any atom is 0.322 e. The van der Waals surface area contributed by atoms with Crippen LogP contribution in [0.25, 0.3) is 10.9 Å². The van der Waals surface area contributed by atoms with Crippen molar-refractivity contribution in [2.75, 3.05) is 6.61 Å². The number of carbonyl (C=O) groups excluding carboxylic acids is 2. The summed E-state index contributed by atoms with van der Waals surface area (Å²) in [6.45, 7) is 0.255. The number of hydrogen-bond donors (Lipinski definition) is 3. The molecule has 1 amide bonds. The van der Waals surface area contributed by atoms with E-state index in [0.717, 1.165) is 16.5 Å². The first-order chi connectivity index (χ1) is 10.1. The van der Waals surface area contributed by atoms with E-state index in [4.69, 9.17) is 16.2 Å². The van der Waals surface area contributed by atoms with Crippen molar-refractivity contribution in [1.82, 2.24) is 4.98 Å². The second kappa shape index (κ2) is 6.90. The first-order valence-electron chi connectivity index (χ1n) is 6.83. The first kappa shape index (κ1) is 15.1. The van der Waals surface area contributed by atoms with Gasteiger partial charge in [0.25, 0.3) is 0 Å². The van der Waals surface area contributed by atoms with E-state index in [1.54, 1.807) is 0 Å². The fraction of sp³-hybridized carbons (Fsp3) is 0.333. The maximum atomic E-state index is 11.6. The van der Waals surface area contributed by atoms with Crippen LogP contribution in [0.4, 0.5) is 0 Å². The van der Waals surface area contributed by atoms with Crippen LogP contribution >= 0.6 is 0 Å². The molecule has 6 nitrogen and oxygen atoms in total. The van der Waals surface area contributed by atoms with E-state index in [-0.39, 0.29) is 19.4 Å². The van der Waals surface area contributed by atoms with Crippen LogP contribution < -0.4 is 11.5 Å². The molecule has 0 unspecified atom stereocenters. The average molecular weight is 289 g/mol. The van der Waals surface area contributed by atoms with E-state index in [9.17, 15) is 9.59 Å². The number of nitrogens with one attached hydrogen (secondary N) is 1. The van der Waals surface area contributed by atoms with E-state index in [2.05, 4.69) is 4.98 Å². The number of aromatic amines is 1. The molecule has 5 N–H and O–H groups in total. The number of benzene rings is 1. The maximum absolute atomic E-state index is 11.6. The lowest BCUT2D eigenvalue weighted by Crippen LogP contribution is -2.33. The molecule has 0 saturated carbocycles. The summed E-state index contributed by atoms with van der Waals surface area (Å²) < 4.78 is 5.13. The normalized spacial score (nSPS) is 12.2. The van der Waals surface area contributed by atoms with Crippen LogP contribution in [0.1, 0.15) is 18.4 Å². The second-order valence-corrected chi connectivity index (χ2v) is 4.89. The smallest absolute Gasteiger partial charge is 0.322 e. The van der Waals surface area contributed by atoms with Gasteiger partial charge < -0.3 is 21.2 Å². The number of esters is 1. The predicted molar refractivity (Wildman–Crippen MR) is 79.4 cm³/mol. The molecule has 1 aromatic heterocycles. The number of hydrogen-bond acceptors (Lipinski definition) is 4. The van der Waals surface area contributed by atoms with Gasteiger partial charge in [0.2, 0.25) is 5.91 Å². The van der Waals surface area contributed by atoms with Gasteiger partial charge >= 0.3 is 5.97 Å². The molecule has 0 aliphatic heterocycles. The summed E-state index contributed by atoms with van der Waals surface area (Å²) in [4.78, 5) is 25.4. The fourth-order valence-electron chi connectivity index (χ4n) is 2.12. The molecule has 0 aliphatic carbocycles. The van der Waals surface area contributed by atoms with Gasteiger partial charge in [-0.2, -0.15) is 0 Å². The molecule has 1 heterocycles. The second-order valence-electron chi connectivity index (χ2n) is 4.89. The first-order valence-corrected chi connectivity index (χ1v) is 6.83. The lowest BCUT2D eigenvalue weighted by atomic mass is 10.1. The van der Waals surface area contributed by atoms with Crippen molar-refractivity contribution in [1.29, 1.82) is 0 Å². The third-order valence-corrected chi connectivity index (χ3v) is 3.30. The molecule has 2 aromatic rings. The van der Waals surface area contributed by atoms with Gasteiger partial charge in [-0.15, -0.1) is 0 Å². The summed E-state index contributed by atoms with van der Waals surface area (Å²) in [5.41, 5.74) is 12.8. The standard InChI is InChI=1S/C15H19N3O3/c16-12(5-6-14(17)19)15(20)21-8-7-10-9-18-13-4-2-1-3-11(10)13/h1-4,9,12,18H,5-8,16H2,(H2,17,19)/t12-/m0/s1. The number of ether oxygens (including phenoxy) is 1. The lowest BCUT2D eigenvalue weighted by molar-refractivity contribution is -0.145. The summed E-state index contributed by atoms with van der Waals surface area (Å²) >= 11 is 0. The van der Waals surface area contributed by atoms with Crippen molar-refractivity contribution in [2.45, 2.75) is 25.3 Å². The van der Waals surface area contributed by atoms with Crippen LogP contribution in [-0.4, -0.2) is 29.5 Å². The number of amides is 1. The number of rotatable bonds is 7. The molecular weight excluding hydrogens is 270 g/mol. The van der Waals surface area contributed by atoms with Gasteiger partial charge in [-0.3, -0.25) is 9.59 Å². The SMILES string of the molecule is NC(=O)CC[C@H](N)C(=O)OCCc1c[nH]c2ccccc12. The highest BCUT2D eigenvalue weighted by molar-refractivity contribution is 5.83. The number of primary amides is 1. The predicted octanol–water partition coefficient (Wildman–Crippen LogP) is 0.846. The molecule has 0 bridgehead atoms. The molecule has 0 radical (unpaired) electrons. The van der Waals surface area contributed by atoms with Gasteiger partial charge in [-0.05, 0) is 18.1 Å². The van der Waals surface area contributed by atoms with Crippen LogP contribution in [0.5, 0.6) is 0 Å². The van der Waals surface area contributed by atoms with Crippen LogP contribution in [0.3, 0.4) is 0 Å². The highest BCUT2D eigenvalue weighted by Gasteiger charge is 2.15. The topological polar surface area (TPSA) is 111 Å². The number of carbonyl (C=O) groups is 2. The number of fused-ring (bicyclic) bond motifs is 1. The van der Waals surface area contributed by atoms with Crippen molar-refractivity contribution in [2.24, 2.45) is 11.5 Å². The van der Waals surface area contributed by atoms with Gasteiger partial charge in [0.05, 0.1) is 6.61 Å². The number of nitrogens with two attached hydrogens (primary N) is 2. The third-order valence-electron chi connectivity index (χ3n) is 3.30. The van der Waals surface area contributed by atoms with Crippen molar-refractivity contribution < 1.29 is 14.3 Å². The Bertz CT molecular complexity index is 636. The van der Waals surface area contributed by atoms with Crippen LogP contribution in [0.2, 0.25) is 0 Å². The highest BCUT2D eigenvalue weighted by Crippen LogP contribution is 2.18. The molecule has 0 saturated heterocycles. The van der Waals surface area contributed by atoms with Gasteiger partial charge in [0.1, 0.15) is 6.04 Å². The Balaban J connectivity index is 1.81. The molecule has 21 heavy (non-hydrogen) atoms. The summed E-state index contributed by atoms with van der Waals surface area (Å²) in [7, 11) is 0. The minimum Gasteiger partial charge on any atom is -0.464 e. The summed E-state index contributed by atoms with van der Waals surface area (Å²) in [6, 6.07) is 7.12. The number of para-hydroxylation sites is 1. The average Bonchev–Trinajstić information content (AvgIpc) is 2.88. The molecule has 1 atom stereocenters. The molecular formula is C15H19N3O3. The Morgan fingerprint density at radius 2 is 2.05 bits per heavy atom. The summed E-state index contributed by atoms with van der Waals surface area (Å²) in [6.07, 6.45) is 2.81. The zero-order valence-electron chi connectivity index (χ0n) is 11.7. The lowest BCUT2D eigenvalue weighted by Gasteiger charge is -2.10. The molecule has 0 spiro atoms. The molecule has 1 aromatic carbocycles. The number of aromatic nitrogens is 1. The Kier molecular flexibility index (Phi) is 4.94. The Labute approximate surface area is 122 Å². The van der Waals surface area contributed by atoms with Crippen molar-refractivity contribution in [3.8, 4) is 0 Å². The fourth-order valence-corrected chi connectivity index (χ4v) is 2.12. The molecule has 0 fully saturated rings. The minimum absolute atomic E-state index is 0.0821. The highest BCUT2D eigenvalue weighted by atomic mass is 16.5. The Hall–Kier alpha value is -2.34. The van der Waals surface area contributed by atoms with Gasteiger partial charge in [0, 0.05) is 29.9 Å². The van der Waals surface area contributed by atoms with E-state index in [1.807, 2.05) is 30.5 Å². The van der Waals surface area contributed by atoms with Crippen LogP contribution in [0, 0.1) is 0 Å². The van der Waals surface area contributed by atoms with E-state index in [0.29, 0.717) is 6.42 Å². The quantitative estimate of drug-likeness (QED) is 0.656. The molecule has 6 heteroatoms. The van der Waals surface area contributed by atoms with E-state index >= 15 is 0 Å². The van der Waals surface area contributed by atoms with Gasteiger partial charge in [-0.1, -0.05) is 18.2 Å². The summed E-state index contributed by atoms with van der Waals surface area (Å²) in [5.74, 6) is -0.979. The number of H-pyrrole nitrogens is 1. The molecule has 0 aliphatic rings. The van der Waals surface area contributed by atoms with Gasteiger partial charge in [-0.25, -0.2) is 0 Å². The zero-order valence-corrected chi connectivity index (χ0v) is 11.7. The largest absolute Gasteiger partial charge is 0.464 e. The third kappa shape index (κ3) is 4.06.